The van der Waals surface area contributed by atoms with Crippen molar-refractivity contribution in [3.8, 4) is 0 Å². The molecule has 0 aromatic rings. The zero-order valence-corrected chi connectivity index (χ0v) is 47.1. The van der Waals surface area contributed by atoms with Gasteiger partial charge in [0.25, 0.3) is 0 Å². The highest BCUT2D eigenvalue weighted by atomic mass is 16.6. The van der Waals surface area contributed by atoms with E-state index in [1.807, 2.05) is 6.08 Å². The molecule has 0 saturated carbocycles. The van der Waals surface area contributed by atoms with Crippen LogP contribution in [0.2, 0.25) is 0 Å². The van der Waals surface area contributed by atoms with Gasteiger partial charge in [0.1, 0.15) is 13.2 Å². The summed E-state index contributed by atoms with van der Waals surface area (Å²) in [6.07, 6.45) is 84.5. The summed E-state index contributed by atoms with van der Waals surface area (Å²) in [4.78, 5) is 38.2. The summed E-state index contributed by atoms with van der Waals surface area (Å²) in [5.74, 6) is -1.04. The van der Waals surface area contributed by atoms with E-state index in [1.54, 1.807) is 0 Å². The first kappa shape index (κ1) is 68.6. The maximum atomic E-state index is 12.9. The Bertz CT molecular complexity index is 1580. The zero-order valence-electron chi connectivity index (χ0n) is 47.1. The highest BCUT2D eigenvalue weighted by Crippen LogP contribution is 2.14. The SMILES string of the molecule is CC/C=C\C/C=C\C/C=C\C/C=C\C/C=C\C/C=C\CCC(=O)OCC(COC(=O)CCCCCCC/C=C\CCCCCCCCCCC)OC(=O)CCCCCCC\C=C/C=C\C=C/C=C\CCCCC. The van der Waals surface area contributed by atoms with Crippen molar-refractivity contribution in [2.45, 2.75) is 258 Å². The van der Waals surface area contributed by atoms with E-state index in [0.717, 1.165) is 116 Å². The number of rotatable bonds is 52. The Morgan fingerprint density at radius 1 is 0.301 bits per heavy atom. The van der Waals surface area contributed by atoms with Crippen LogP contribution in [0.5, 0.6) is 0 Å². The lowest BCUT2D eigenvalue weighted by Crippen LogP contribution is -2.30. The fraction of sp³-hybridized carbons (Fsp3) is 0.627. The summed E-state index contributed by atoms with van der Waals surface area (Å²) in [6.45, 7) is 6.40. The van der Waals surface area contributed by atoms with Crippen LogP contribution in [0.4, 0.5) is 0 Å². The van der Waals surface area contributed by atoms with Crippen LogP contribution < -0.4 is 0 Å². The van der Waals surface area contributed by atoms with Crippen molar-refractivity contribution in [1.29, 1.82) is 0 Å². The summed E-state index contributed by atoms with van der Waals surface area (Å²) >= 11 is 0. The molecule has 73 heavy (non-hydrogen) atoms. The molecule has 0 heterocycles. The van der Waals surface area contributed by atoms with Gasteiger partial charge >= 0.3 is 17.9 Å². The molecule has 0 amide bonds. The van der Waals surface area contributed by atoms with E-state index in [1.165, 1.54) is 89.9 Å². The molecule has 6 nitrogen and oxygen atoms in total. The van der Waals surface area contributed by atoms with Crippen molar-refractivity contribution in [2.75, 3.05) is 13.2 Å². The van der Waals surface area contributed by atoms with Crippen LogP contribution in [0.25, 0.3) is 0 Å². The van der Waals surface area contributed by atoms with Gasteiger partial charge in [-0.3, -0.25) is 14.4 Å². The number of carbonyl (C=O) groups excluding carboxylic acids is 3. The Morgan fingerprint density at radius 2 is 0.616 bits per heavy atom. The average Bonchev–Trinajstić information content (AvgIpc) is 3.39. The number of esters is 3. The summed E-state index contributed by atoms with van der Waals surface area (Å²) in [7, 11) is 0. The van der Waals surface area contributed by atoms with E-state index in [4.69, 9.17) is 14.2 Å². The zero-order chi connectivity index (χ0) is 52.9. The fourth-order valence-corrected chi connectivity index (χ4v) is 7.77. The minimum Gasteiger partial charge on any atom is -0.462 e. The predicted molar refractivity (Wildman–Crippen MR) is 316 cm³/mol. The average molecular weight is 1010 g/mol. The molecule has 0 N–H and O–H groups in total. The third-order valence-corrected chi connectivity index (χ3v) is 12.2. The standard InChI is InChI=1S/C67H108O6/c1-4-7-10-13-16-19-22-25-28-31-34-37-39-42-45-48-51-54-57-60-66(69)72-63-64(73-67(70)61-58-55-52-49-46-43-40-36-33-30-27-24-21-18-15-12-9-6-3)62-71-65(68)59-56-53-50-47-44-41-38-35-32-29-26-23-20-17-14-11-8-5-2/h7,10,16,18-19,21,24-25,27-28,30,33-38,40,42,45,51,54,64H,4-6,8-9,11-15,17,20,22-23,26,29,31-32,39,41,43-44,46-50,52-53,55-63H2,1-3H3/b10-7-,19-16-,21-18-,27-24-,28-25-,33-30-,37-34-,38-35-,40-36-,45-42-,54-51-. The van der Waals surface area contributed by atoms with Gasteiger partial charge in [0.2, 0.25) is 0 Å². The van der Waals surface area contributed by atoms with Crippen LogP contribution >= 0.6 is 0 Å². The van der Waals surface area contributed by atoms with E-state index in [2.05, 4.69) is 148 Å². The highest BCUT2D eigenvalue weighted by molar-refractivity contribution is 5.71. The van der Waals surface area contributed by atoms with Gasteiger partial charge in [-0.15, -0.1) is 0 Å². The van der Waals surface area contributed by atoms with Crippen LogP contribution in [0, 0.1) is 0 Å². The van der Waals surface area contributed by atoms with Gasteiger partial charge in [-0.2, -0.15) is 0 Å². The van der Waals surface area contributed by atoms with Crippen molar-refractivity contribution in [3.05, 3.63) is 134 Å². The molecule has 0 aliphatic carbocycles. The molecule has 1 unspecified atom stereocenters. The molecular formula is C67H108O6. The van der Waals surface area contributed by atoms with Gasteiger partial charge < -0.3 is 14.2 Å². The molecule has 412 valence electrons. The van der Waals surface area contributed by atoms with Crippen molar-refractivity contribution in [2.24, 2.45) is 0 Å². The Morgan fingerprint density at radius 3 is 1.07 bits per heavy atom. The summed E-state index contributed by atoms with van der Waals surface area (Å²) in [5, 5.41) is 0. The minimum absolute atomic E-state index is 0.119. The molecule has 0 aliphatic heterocycles. The third-order valence-electron chi connectivity index (χ3n) is 12.2. The van der Waals surface area contributed by atoms with E-state index < -0.39 is 6.10 Å². The summed E-state index contributed by atoms with van der Waals surface area (Å²) < 4.78 is 16.8. The Hall–Kier alpha value is -4.45. The molecule has 0 aromatic heterocycles. The highest BCUT2D eigenvalue weighted by Gasteiger charge is 2.19. The van der Waals surface area contributed by atoms with Crippen LogP contribution in [0.15, 0.2) is 134 Å². The predicted octanol–water partition coefficient (Wildman–Crippen LogP) is 20.2. The van der Waals surface area contributed by atoms with Crippen LogP contribution in [0.1, 0.15) is 252 Å². The molecule has 6 heteroatoms. The number of carbonyl (C=O) groups is 3. The van der Waals surface area contributed by atoms with E-state index >= 15 is 0 Å². The topological polar surface area (TPSA) is 78.9 Å². The van der Waals surface area contributed by atoms with Crippen molar-refractivity contribution < 1.29 is 28.6 Å². The second kappa shape index (κ2) is 60.1. The smallest absolute Gasteiger partial charge is 0.306 e. The fourth-order valence-electron chi connectivity index (χ4n) is 7.77. The van der Waals surface area contributed by atoms with Gasteiger partial charge in [-0.05, 0) is 109 Å². The van der Waals surface area contributed by atoms with Crippen LogP contribution in [0.3, 0.4) is 0 Å². The molecular weight excluding hydrogens is 901 g/mol. The van der Waals surface area contributed by atoms with Crippen molar-refractivity contribution in [1.82, 2.24) is 0 Å². The molecule has 1 atom stereocenters. The number of unbranched alkanes of at least 4 members (excludes halogenated alkanes) is 22. The maximum absolute atomic E-state index is 12.9. The molecule has 0 aromatic carbocycles. The quantitative estimate of drug-likeness (QED) is 0.0199. The van der Waals surface area contributed by atoms with E-state index in [0.29, 0.717) is 12.8 Å². The maximum Gasteiger partial charge on any atom is 0.306 e. The molecule has 0 aliphatic rings. The Kier molecular flexibility index (Phi) is 56.4. The monoisotopic (exact) mass is 1010 g/mol. The van der Waals surface area contributed by atoms with Gasteiger partial charge in [-0.25, -0.2) is 0 Å². The van der Waals surface area contributed by atoms with Gasteiger partial charge in [0, 0.05) is 19.3 Å². The van der Waals surface area contributed by atoms with Gasteiger partial charge in [0.05, 0.1) is 0 Å². The summed E-state index contributed by atoms with van der Waals surface area (Å²) in [5.41, 5.74) is 0. The van der Waals surface area contributed by atoms with Gasteiger partial charge in [0.15, 0.2) is 6.10 Å². The Labute approximate surface area is 449 Å². The first-order valence-corrected chi connectivity index (χ1v) is 29.7. The lowest BCUT2D eigenvalue weighted by Gasteiger charge is -2.18. The molecule has 0 radical (unpaired) electrons. The minimum atomic E-state index is -0.831. The van der Waals surface area contributed by atoms with Crippen molar-refractivity contribution >= 4 is 17.9 Å². The summed E-state index contributed by atoms with van der Waals surface area (Å²) in [6, 6.07) is 0. The largest absolute Gasteiger partial charge is 0.462 e. The lowest BCUT2D eigenvalue weighted by atomic mass is 10.1. The van der Waals surface area contributed by atoms with E-state index in [-0.39, 0.29) is 44.0 Å². The lowest BCUT2D eigenvalue weighted by molar-refractivity contribution is -0.166. The van der Waals surface area contributed by atoms with Crippen LogP contribution in [-0.2, 0) is 28.6 Å². The van der Waals surface area contributed by atoms with E-state index in [9.17, 15) is 14.4 Å². The van der Waals surface area contributed by atoms with Gasteiger partial charge in [-0.1, -0.05) is 257 Å². The molecule has 0 fully saturated rings. The number of hydrogen-bond acceptors (Lipinski definition) is 6. The second-order valence-electron chi connectivity index (χ2n) is 19.3. The number of ether oxygens (including phenoxy) is 3. The Balaban J connectivity index is 4.58. The molecule has 0 spiro atoms. The molecule has 0 bridgehead atoms. The molecule has 0 saturated heterocycles. The normalized spacial score (nSPS) is 13.1. The first-order chi connectivity index (χ1) is 36.0. The number of hydrogen-bond donors (Lipinski definition) is 0. The molecule has 0 rings (SSSR count). The third kappa shape index (κ3) is 58.3. The van der Waals surface area contributed by atoms with Crippen LogP contribution in [-0.4, -0.2) is 37.2 Å². The second-order valence-corrected chi connectivity index (χ2v) is 19.3. The number of allylic oxidation sites excluding steroid dienone is 22. The van der Waals surface area contributed by atoms with Crippen molar-refractivity contribution in [3.63, 3.8) is 0 Å². The first-order valence-electron chi connectivity index (χ1n) is 29.7.